The number of fused-ring (bicyclic) bond motifs is 1. The molecule has 0 radical (unpaired) electrons. The molecule has 3 N–H and O–H groups in total. The number of ether oxygens (including phenoxy) is 1. The number of nitrogens with one attached hydrogen (secondary N) is 3. The molecule has 9 heteroatoms. The largest absolute Gasteiger partial charge is 0.491 e. The summed E-state index contributed by atoms with van der Waals surface area (Å²) >= 11 is 0. The van der Waals surface area contributed by atoms with Gasteiger partial charge in [-0.25, -0.2) is 13.4 Å². The average Bonchev–Trinajstić information content (AvgIpc) is 3.57. The molecule has 1 aliphatic rings. The number of pyridine rings is 1. The molecule has 1 saturated carbocycles. The first-order chi connectivity index (χ1) is 16.8. The standard InChI is InChI=1S/C26H26N4O4S/c1-16(2)34-20-9-11-21(12-10-20)35(32,33)30-19-7-5-17(6-8-19)23-15-24(29-26(31)18-3-4-18)28-25-22(23)13-14-27-25/h5-16,18,30H,3-4H2,1-2H3,(H2,27,28,29,31). The molecule has 2 heterocycles. The second kappa shape index (κ2) is 9.07. The highest BCUT2D eigenvalue weighted by atomic mass is 32.2. The van der Waals surface area contributed by atoms with Crippen molar-refractivity contribution in [2.45, 2.75) is 37.7 Å². The van der Waals surface area contributed by atoms with Gasteiger partial charge in [0.25, 0.3) is 10.0 Å². The number of aromatic amines is 1. The summed E-state index contributed by atoms with van der Waals surface area (Å²) < 4.78 is 33.9. The van der Waals surface area contributed by atoms with Gasteiger partial charge in [-0.15, -0.1) is 0 Å². The van der Waals surface area contributed by atoms with Gasteiger partial charge in [0.1, 0.15) is 17.2 Å². The van der Waals surface area contributed by atoms with Gasteiger partial charge in [-0.05, 0) is 86.3 Å². The monoisotopic (exact) mass is 490 g/mol. The molecule has 8 nitrogen and oxygen atoms in total. The zero-order valence-corrected chi connectivity index (χ0v) is 20.2. The maximum atomic E-state index is 12.8. The summed E-state index contributed by atoms with van der Waals surface area (Å²) in [6.45, 7) is 3.82. The first kappa shape index (κ1) is 22.9. The van der Waals surface area contributed by atoms with Crippen LogP contribution in [0.15, 0.2) is 71.8 Å². The molecule has 1 fully saturated rings. The van der Waals surface area contributed by atoms with Crippen molar-refractivity contribution in [2.75, 3.05) is 10.0 Å². The fourth-order valence-corrected chi connectivity index (χ4v) is 4.87. The lowest BCUT2D eigenvalue weighted by atomic mass is 10.0. The molecular formula is C26H26N4O4S. The summed E-state index contributed by atoms with van der Waals surface area (Å²) in [5.74, 6) is 1.17. The van der Waals surface area contributed by atoms with Crippen LogP contribution >= 0.6 is 0 Å². The third-order valence-corrected chi connectivity index (χ3v) is 7.08. The normalized spacial score (nSPS) is 13.7. The summed E-state index contributed by atoms with van der Waals surface area (Å²) in [6, 6.07) is 17.2. The van der Waals surface area contributed by atoms with Crippen LogP contribution in [0.4, 0.5) is 11.5 Å². The Morgan fingerprint density at radius 2 is 1.77 bits per heavy atom. The molecule has 4 aromatic rings. The smallest absolute Gasteiger partial charge is 0.261 e. The highest BCUT2D eigenvalue weighted by molar-refractivity contribution is 7.92. The van der Waals surface area contributed by atoms with E-state index in [9.17, 15) is 13.2 Å². The molecule has 2 aromatic carbocycles. The van der Waals surface area contributed by atoms with Crippen LogP contribution in [0, 0.1) is 5.92 Å². The number of hydrogen-bond donors (Lipinski definition) is 3. The summed E-state index contributed by atoms with van der Waals surface area (Å²) in [7, 11) is -3.75. The Morgan fingerprint density at radius 3 is 2.43 bits per heavy atom. The van der Waals surface area contributed by atoms with Crippen molar-refractivity contribution in [2.24, 2.45) is 5.92 Å². The fraction of sp³-hybridized carbons (Fsp3) is 0.231. The van der Waals surface area contributed by atoms with Crippen LogP contribution in [0.5, 0.6) is 5.75 Å². The number of benzene rings is 2. The van der Waals surface area contributed by atoms with Crippen LogP contribution in [0.1, 0.15) is 26.7 Å². The Kier molecular flexibility index (Phi) is 5.94. The minimum Gasteiger partial charge on any atom is -0.491 e. The Morgan fingerprint density at radius 1 is 1.06 bits per heavy atom. The van der Waals surface area contributed by atoms with Gasteiger partial charge in [-0.3, -0.25) is 9.52 Å². The first-order valence-corrected chi connectivity index (χ1v) is 13.0. The van der Waals surface area contributed by atoms with E-state index in [0.717, 1.165) is 29.4 Å². The number of anilines is 2. The third kappa shape index (κ3) is 5.14. The van der Waals surface area contributed by atoms with Gasteiger partial charge >= 0.3 is 0 Å². The van der Waals surface area contributed by atoms with Gasteiger partial charge < -0.3 is 15.0 Å². The topological polar surface area (TPSA) is 113 Å². The van der Waals surface area contributed by atoms with Crippen molar-refractivity contribution >= 4 is 38.5 Å². The maximum absolute atomic E-state index is 12.8. The molecule has 1 amide bonds. The molecule has 180 valence electrons. The van der Waals surface area contributed by atoms with E-state index in [4.69, 9.17) is 4.74 Å². The van der Waals surface area contributed by atoms with E-state index in [-0.39, 0.29) is 22.8 Å². The Hall–Kier alpha value is -3.85. The highest BCUT2D eigenvalue weighted by Gasteiger charge is 2.30. The zero-order chi connectivity index (χ0) is 24.6. The lowest BCUT2D eigenvalue weighted by Crippen LogP contribution is -2.14. The number of carbonyl (C=O) groups excluding carboxylic acids is 1. The lowest BCUT2D eigenvalue weighted by Gasteiger charge is -2.12. The van der Waals surface area contributed by atoms with Crippen molar-refractivity contribution in [1.82, 2.24) is 9.97 Å². The van der Waals surface area contributed by atoms with E-state index < -0.39 is 10.0 Å². The van der Waals surface area contributed by atoms with E-state index in [2.05, 4.69) is 20.0 Å². The van der Waals surface area contributed by atoms with Gasteiger partial charge in [0.05, 0.1) is 11.0 Å². The van der Waals surface area contributed by atoms with Crippen LogP contribution in [-0.4, -0.2) is 30.4 Å². The van der Waals surface area contributed by atoms with Crippen LogP contribution in [0.25, 0.3) is 22.2 Å². The predicted molar refractivity (Wildman–Crippen MR) is 136 cm³/mol. The fourth-order valence-electron chi connectivity index (χ4n) is 3.82. The SMILES string of the molecule is CC(C)Oc1ccc(S(=O)(=O)Nc2ccc(-c3cc(NC(=O)C4CC4)nc4[nH]ccc34)cc2)cc1. The van der Waals surface area contributed by atoms with Crippen molar-refractivity contribution in [3.63, 3.8) is 0 Å². The summed E-state index contributed by atoms with van der Waals surface area (Å²) in [5, 5.41) is 3.81. The molecule has 35 heavy (non-hydrogen) atoms. The van der Waals surface area contributed by atoms with Crippen LogP contribution < -0.4 is 14.8 Å². The average molecular weight is 491 g/mol. The minimum atomic E-state index is -3.75. The van der Waals surface area contributed by atoms with E-state index in [1.807, 2.05) is 38.1 Å². The van der Waals surface area contributed by atoms with E-state index in [1.54, 1.807) is 30.5 Å². The Labute approximate surface area is 203 Å². The quantitative estimate of drug-likeness (QED) is 0.315. The number of amides is 1. The second-order valence-electron chi connectivity index (χ2n) is 8.88. The Bertz CT molecular complexity index is 1470. The molecule has 0 saturated heterocycles. The van der Waals surface area contributed by atoms with E-state index in [0.29, 0.717) is 22.9 Å². The molecule has 5 rings (SSSR count). The Balaban J connectivity index is 1.37. The predicted octanol–water partition coefficient (Wildman–Crippen LogP) is 5.17. The maximum Gasteiger partial charge on any atom is 0.261 e. The third-order valence-electron chi connectivity index (χ3n) is 5.68. The number of nitrogens with zero attached hydrogens (tertiary/aromatic N) is 1. The molecule has 0 spiro atoms. The number of aromatic nitrogens is 2. The molecule has 0 aliphatic heterocycles. The lowest BCUT2D eigenvalue weighted by molar-refractivity contribution is -0.117. The van der Waals surface area contributed by atoms with Crippen LogP contribution in [0.2, 0.25) is 0 Å². The van der Waals surface area contributed by atoms with E-state index >= 15 is 0 Å². The molecule has 0 unspecified atom stereocenters. The van der Waals surface area contributed by atoms with Gasteiger partial charge in [-0.2, -0.15) is 0 Å². The molecule has 2 aromatic heterocycles. The van der Waals surface area contributed by atoms with Crippen molar-refractivity contribution in [3.05, 3.63) is 66.9 Å². The molecular weight excluding hydrogens is 464 g/mol. The highest BCUT2D eigenvalue weighted by Crippen LogP contribution is 2.33. The molecule has 0 atom stereocenters. The van der Waals surface area contributed by atoms with Gasteiger partial charge in [0.15, 0.2) is 0 Å². The number of hydrogen-bond acceptors (Lipinski definition) is 5. The van der Waals surface area contributed by atoms with Gasteiger partial charge in [0.2, 0.25) is 5.91 Å². The number of rotatable bonds is 8. The van der Waals surface area contributed by atoms with Crippen LogP contribution in [0.3, 0.4) is 0 Å². The number of carbonyl (C=O) groups is 1. The second-order valence-corrected chi connectivity index (χ2v) is 10.6. The summed E-state index contributed by atoms with van der Waals surface area (Å²) in [5.41, 5.74) is 2.87. The van der Waals surface area contributed by atoms with Gasteiger partial charge in [0, 0.05) is 23.2 Å². The van der Waals surface area contributed by atoms with Crippen molar-refractivity contribution in [3.8, 4) is 16.9 Å². The number of sulfonamides is 1. The minimum absolute atomic E-state index is 0.00698. The first-order valence-electron chi connectivity index (χ1n) is 11.5. The molecule has 0 bridgehead atoms. The van der Waals surface area contributed by atoms with Crippen molar-refractivity contribution < 1.29 is 17.9 Å². The van der Waals surface area contributed by atoms with Crippen LogP contribution in [-0.2, 0) is 14.8 Å². The summed E-state index contributed by atoms with van der Waals surface area (Å²) in [6.07, 6.45) is 3.63. The van der Waals surface area contributed by atoms with Gasteiger partial charge in [-0.1, -0.05) is 12.1 Å². The summed E-state index contributed by atoms with van der Waals surface area (Å²) in [4.78, 5) is 20.0. The van der Waals surface area contributed by atoms with E-state index in [1.165, 1.54) is 12.1 Å². The zero-order valence-electron chi connectivity index (χ0n) is 19.4. The van der Waals surface area contributed by atoms with Crippen molar-refractivity contribution in [1.29, 1.82) is 0 Å². The molecule has 1 aliphatic carbocycles. The number of H-pyrrole nitrogens is 1.